The molecule has 2 rings (SSSR count). The van der Waals surface area contributed by atoms with Gasteiger partial charge in [-0.2, -0.15) is 0 Å². The molecule has 1 aliphatic rings. The van der Waals surface area contributed by atoms with E-state index in [9.17, 15) is 5.11 Å². The number of benzene rings is 1. The van der Waals surface area contributed by atoms with Gasteiger partial charge in [0.15, 0.2) is 0 Å². The van der Waals surface area contributed by atoms with Gasteiger partial charge in [0.05, 0.1) is 13.2 Å². The molecule has 1 aliphatic heterocycles. The number of halogens is 1. The Kier molecular flexibility index (Phi) is 4.21. The quantitative estimate of drug-likeness (QED) is 0.928. The molecule has 1 fully saturated rings. The van der Waals surface area contributed by atoms with E-state index >= 15 is 0 Å². The van der Waals surface area contributed by atoms with Crippen LogP contribution in [-0.2, 0) is 11.3 Å². The van der Waals surface area contributed by atoms with Crippen LogP contribution in [0.5, 0.6) is 5.75 Å². The summed E-state index contributed by atoms with van der Waals surface area (Å²) in [5, 5.41) is 9.24. The molecule has 3 nitrogen and oxygen atoms in total. The first kappa shape index (κ1) is 11.9. The van der Waals surface area contributed by atoms with Crippen molar-refractivity contribution < 1.29 is 14.6 Å². The zero-order valence-corrected chi connectivity index (χ0v) is 10.6. The van der Waals surface area contributed by atoms with Crippen LogP contribution in [-0.4, -0.2) is 24.4 Å². The zero-order chi connectivity index (χ0) is 11.4. The molecule has 1 aromatic rings. The Morgan fingerprint density at radius 2 is 2.38 bits per heavy atom. The molecule has 1 N–H and O–H groups in total. The second-order valence-corrected chi connectivity index (χ2v) is 4.78. The van der Waals surface area contributed by atoms with Gasteiger partial charge in [0.2, 0.25) is 0 Å². The van der Waals surface area contributed by atoms with Crippen molar-refractivity contribution in [3.63, 3.8) is 0 Å². The smallest absolute Gasteiger partial charge is 0.125 e. The molecule has 16 heavy (non-hydrogen) atoms. The van der Waals surface area contributed by atoms with Gasteiger partial charge in [-0.15, -0.1) is 0 Å². The average molecular weight is 287 g/mol. The Bertz CT molecular complexity index is 348. The topological polar surface area (TPSA) is 38.7 Å². The number of aliphatic hydroxyl groups is 1. The van der Waals surface area contributed by atoms with Crippen LogP contribution in [0.1, 0.15) is 18.4 Å². The van der Waals surface area contributed by atoms with E-state index in [4.69, 9.17) is 9.47 Å². The van der Waals surface area contributed by atoms with Crippen LogP contribution in [0.2, 0.25) is 0 Å². The van der Waals surface area contributed by atoms with Crippen molar-refractivity contribution in [2.75, 3.05) is 13.2 Å². The fraction of sp³-hybridized carbons (Fsp3) is 0.500. The Balaban J connectivity index is 2.07. The second kappa shape index (κ2) is 5.66. The SMILES string of the molecule is OCc1cc(Br)ccc1OC1CCCOC1. The van der Waals surface area contributed by atoms with Gasteiger partial charge in [-0.05, 0) is 31.0 Å². The normalized spacial score (nSPS) is 20.8. The monoisotopic (exact) mass is 286 g/mol. The van der Waals surface area contributed by atoms with Crippen molar-refractivity contribution in [3.8, 4) is 5.75 Å². The number of aliphatic hydroxyl groups excluding tert-OH is 1. The molecule has 0 amide bonds. The molecule has 4 heteroatoms. The first-order valence-electron chi connectivity index (χ1n) is 5.43. The molecule has 0 aromatic heterocycles. The third kappa shape index (κ3) is 2.97. The predicted octanol–water partition coefficient (Wildman–Crippen LogP) is 2.50. The molecule has 1 heterocycles. The maximum absolute atomic E-state index is 9.24. The largest absolute Gasteiger partial charge is 0.488 e. The highest BCUT2D eigenvalue weighted by Crippen LogP contribution is 2.25. The summed E-state index contributed by atoms with van der Waals surface area (Å²) in [6.07, 6.45) is 2.16. The summed E-state index contributed by atoms with van der Waals surface area (Å²) in [5.74, 6) is 0.751. The minimum atomic E-state index is -0.0116. The molecule has 0 aliphatic carbocycles. The van der Waals surface area contributed by atoms with Crippen LogP contribution in [0.15, 0.2) is 22.7 Å². The molecule has 1 aromatic carbocycles. The minimum absolute atomic E-state index is 0.0116. The van der Waals surface area contributed by atoms with Gasteiger partial charge in [-0.1, -0.05) is 15.9 Å². The van der Waals surface area contributed by atoms with Crippen molar-refractivity contribution in [2.45, 2.75) is 25.6 Å². The van der Waals surface area contributed by atoms with E-state index in [1.165, 1.54) is 0 Å². The molecule has 0 radical (unpaired) electrons. The fourth-order valence-corrected chi connectivity index (χ4v) is 2.18. The number of ether oxygens (including phenoxy) is 2. The lowest BCUT2D eigenvalue weighted by Crippen LogP contribution is -2.28. The van der Waals surface area contributed by atoms with Gasteiger partial charge in [0, 0.05) is 16.6 Å². The van der Waals surface area contributed by atoms with E-state index < -0.39 is 0 Å². The lowest BCUT2D eigenvalue weighted by Gasteiger charge is -2.24. The summed E-state index contributed by atoms with van der Waals surface area (Å²) in [4.78, 5) is 0. The van der Waals surface area contributed by atoms with Crippen LogP contribution in [0.4, 0.5) is 0 Å². The van der Waals surface area contributed by atoms with E-state index in [0.717, 1.165) is 35.2 Å². The van der Waals surface area contributed by atoms with Gasteiger partial charge in [0.25, 0.3) is 0 Å². The Morgan fingerprint density at radius 3 is 3.06 bits per heavy atom. The molecule has 0 spiro atoms. The van der Waals surface area contributed by atoms with Crippen LogP contribution in [0.3, 0.4) is 0 Å². The molecule has 1 atom stereocenters. The predicted molar refractivity (Wildman–Crippen MR) is 64.5 cm³/mol. The molecule has 88 valence electrons. The molecular weight excluding hydrogens is 272 g/mol. The third-order valence-electron chi connectivity index (χ3n) is 2.61. The van der Waals surface area contributed by atoms with E-state index in [1.54, 1.807) is 0 Å². The van der Waals surface area contributed by atoms with Gasteiger partial charge in [-0.3, -0.25) is 0 Å². The Hall–Kier alpha value is -0.580. The zero-order valence-electron chi connectivity index (χ0n) is 8.99. The first-order valence-corrected chi connectivity index (χ1v) is 6.22. The number of hydrogen-bond acceptors (Lipinski definition) is 3. The van der Waals surface area contributed by atoms with E-state index in [0.29, 0.717) is 6.61 Å². The summed E-state index contributed by atoms with van der Waals surface area (Å²) in [6.45, 7) is 1.45. The molecule has 0 bridgehead atoms. The average Bonchev–Trinajstić information content (AvgIpc) is 2.33. The highest BCUT2D eigenvalue weighted by atomic mass is 79.9. The van der Waals surface area contributed by atoms with Crippen molar-refractivity contribution in [1.29, 1.82) is 0 Å². The highest BCUT2D eigenvalue weighted by Gasteiger charge is 2.16. The van der Waals surface area contributed by atoms with Gasteiger partial charge >= 0.3 is 0 Å². The van der Waals surface area contributed by atoms with Gasteiger partial charge in [0.1, 0.15) is 11.9 Å². The Morgan fingerprint density at radius 1 is 1.50 bits per heavy atom. The van der Waals surface area contributed by atoms with Crippen LogP contribution in [0, 0.1) is 0 Å². The molecular formula is C12H15BrO3. The van der Waals surface area contributed by atoms with Gasteiger partial charge in [-0.25, -0.2) is 0 Å². The van der Waals surface area contributed by atoms with Gasteiger partial charge < -0.3 is 14.6 Å². The van der Waals surface area contributed by atoms with E-state index in [-0.39, 0.29) is 12.7 Å². The van der Waals surface area contributed by atoms with E-state index in [1.807, 2.05) is 18.2 Å². The van der Waals surface area contributed by atoms with Crippen molar-refractivity contribution >= 4 is 15.9 Å². The summed E-state index contributed by atoms with van der Waals surface area (Å²) in [6, 6.07) is 5.67. The van der Waals surface area contributed by atoms with Crippen LogP contribution >= 0.6 is 15.9 Å². The minimum Gasteiger partial charge on any atom is -0.488 e. The standard InChI is InChI=1S/C12H15BrO3/c13-10-3-4-12(9(6-10)7-14)16-11-2-1-5-15-8-11/h3-4,6,11,14H,1-2,5,7-8H2. The Labute approximate surface area is 104 Å². The summed E-state index contributed by atoms with van der Waals surface area (Å²) >= 11 is 3.37. The van der Waals surface area contributed by atoms with E-state index in [2.05, 4.69) is 15.9 Å². The first-order chi connectivity index (χ1) is 7.79. The summed E-state index contributed by atoms with van der Waals surface area (Å²) in [5.41, 5.74) is 0.806. The van der Waals surface area contributed by atoms with Crippen molar-refractivity contribution in [2.24, 2.45) is 0 Å². The maximum atomic E-state index is 9.24. The summed E-state index contributed by atoms with van der Waals surface area (Å²) < 4.78 is 12.1. The lowest BCUT2D eigenvalue weighted by molar-refractivity contribution is 0.00660. The number of hydrogen-bond donors (Lipinski definition) is 1. The highest BCUT2D eigenvalue weighted by molar-refractivity contribution is 9.10. The van der Waals surface area contributed by atoms with Crippen molar-refractivity contribution in [3.05, 3.63) is 28.2 Å². The molecule has 0 saturated carbocycles. The third-order valence-corrected chi connectivity index (χ3v) is 3.10. The second-order valence-electron chi connectivity index (χ2n) is 3.87. The molecule has 1 unspecified atom stereocenters. The maximum Gasteiger partial charge on any atom is 0.125 e. The summed E-state index contributed by atoms with van der Waals surface area (Å²) in [7, 11) is 0. The fourth-order valence-electron chi connectivity index (χ4n) is 1.77. The lowest BCUT2D eigenvalue weighted by atomic mass is 10.1. The van der Waals surface area contributed by atoms with Crippen LogP contribution in [0.25, 0.3) is 0 Å². The van der Waals surface area contributed by atoms with Crippen LogP contribution < -0.4 is 4.74 Å². The number of rotatable bonds is 3. The van der Waals surface area contributed by atoms with Crippen molar-refractivity contribution in [1.82, 2.24) is 0 Å². The molecule has 1 saturated heterocycles.